The van der Waals surface area contributed by atoms with Crippen molar-refractivity contribution < 1.29 is 18.0 Å². The number of rotatable bonds is 3. The quantitative estimate of drug-likeness (QED) is 0.853. The summed E-state index contributed by atoms with van der Waals surface area (Å²) < 4.78 is 25.8. The number of amides is 2. The lowest BCUT2D eigenvalue weighted by atomic mass is 10.1. The summed E-state index contributed by atoms with van der Waals surface area (Å²) in [6, 6.07) is 4.59. The van der Waals surface area contributed by atoms with E-state index in [1.165, 1.54) is 25.1 Å². The Labute approximate surface area is 136 Å². The van der Waals surface area contributed by atoms with Crippen molar-refractivity contribution in [3.05, 3.63) is 29.3 Å². The predicted molar refractivity (Wildman–Crippen MR) is 85.6 cm³/mol. The van der Waals surface area contributed by atoms with Gasteiger partial charge in [0.15, 0.2) is 0 Å². The molecule has 0 aliphatic carbocycles. The number of carbonyl (C=O) groups excluding carboxylic acids is 2. The molecular weight excluding hydrogens is 318 g/mol. The molecule has 0 saturated carbocycles. The third-order valence-corrected chi connectivity index (χ3v) is 5.70. The number of benzene rings is 1. The molecule has 23 heavy (non-hydrogen) atoms. The molecular formula is C15H21N3O4S. The molecule has 1 heterocycles. The number of sulfonamides is 1. The molecule has 2 amide bonds. The van der Waals surface area contributed by atoms with E-state index in [-0.39, 0.29) is 28.8 Å². The van der Waals surface area contributed by atoms with Crippen molar-refractivity contribution in [2.24, 2.45) is 0 Å². The van der Waals surface area contributed by atoms with Crippen molar-refractivity contribution in [1.82, 2.24) is 14.5 Å². The number of aryl methyl sites for hydroxylation is 1. The van der Waals surface area contributed by atoms with Crippen LogP contribution in [0.25, 0.3) is 0 Å². The Balaban J connectivity index is 2.37. The van der Waals surface area contributed by atoms with E-state index in [9.17, 15) is 18.0 Å². The first-order chi connectivity index (χ1) is 10.7. The third kappa shape index (κ3) is 3.70. The molecule has 1 N–H and O–H groups in total. The minimum Gasteiger partial charge on any atom is -0.354 e. The summed E-state index contributed by atoms with van der Waals surface area (Å²) in [5.41, 5.74) is 0.842. The summed E-state index contributed by atoms with van der Waals surface area (Å²) >= 11 is 0. The van der Waals surface area contributed by atoms with E-state index in [4.69, 9.17) is 0 Å². The highest BCUT2D eigenvalue weighted by molar-refractivity contribution is 7.89. The summed E-state index contributed by atoms with van der Waals surface area (Å²) in [6.45, 7) is 2.67. The zero-order valence-corrected chi connectivity index (χ0v) is 14.3. The second-order valence-corrected chi connectivity index (χ2v) is 7.82. The maximum absolute atomic E-state index is 12.6. The lowest BCUT2D eigenvalue weighted by Crippen LogP contribution is -2.37. The van der Waals surface area contributed by atoms with Gasteiger partial charge in [0, 0.05) is 32.7 Å². The Kier molecular flexibility index (Phi) is 5.06. The fraction of sp³-hybridized carbons (Fsp3) is 0.467. The van der Waals surface area contributed by atoms with Gasteiger partial charge >= 0.3 is 0 Å². The van der Waals surface area contributed by atoms with Crippen molar-refractivity contribution in [1.29, 1.82) is 0 Å². The van der Waals surface area contributed by atoms with Gasteiger partial charge in [-0.3, -0.25) is 9.59 Å². The first-order valence-electron chi connectivity index (χ1n) is 7.32. The van der Waals surface area contributed by atoms with E-state index in [1.54, 1.807) is 19.1 Å². The van der Waals surface area contributed by atoms with Gasteiger partial charge in [-0.2, -0.15) is 0 Å². The van der Waals surface area contributed by atoms with Gasteiger partial charge in [-0.15, -0.1) is 0 Å². The van der Waals surface area contributed by atoms with Gasteiger partial charge in [0.1, 0.15) is 0 Å². The molecule has 2 rings (SSSR count). The molecule has 0 aromatic heterocycles. The molecule has 8 heteroatoms. The van der Waals surface area contributed by atoms with Gasteiger partial charge in [-0.25, -0.2) is 12.7 Å². The van der Waals surface area contributed by atoms with Gasteiger partial charge in [-0.1, -0.05) is 6.07 Å². The Morgan fingerprint density at radius 3 is 2.65 bits per heavy atom. The van der Waals surface area contributed by atoms with Crippen molar-refractivity contribution in [3.8, 4) is 0 Å². The molecule has 1 aliphatic rings. The standard InChI is InChI=1S/C15H21N3O4S/c1-11-5-6-12(9-13(11)23(21,22)17(2)3)15(20)18-8-4-7-16-14(19)10-18/h5-6,9H,4,7-8,10H2,1-3H3,(H,16,19). The molecule has 0 bridgehead atoms. The molecule has 126 valence electrons. The molecule has 0 atom stereocenters. The van der Waals surface area contributed by atoms with Crippen molar-refractivity contribution >= 4 is 21.8 Å². The smallest absolute Gasteiger partial charge is 0.254 e. The highest BCUT2D eigenvalue weighted by Gasteiger charge is 2.25. The number of hydrogen-bond donors (Lipinski definition) is 1. The van der Waals surface area contributed by atoms with Crippen LogP contribution in [0.4, 0.5) is 0 Å². The Hall–Kier alpha value is -1.93. The highest BCUT2D eigenvalue weighted by atomic mass is 32.2. The van der Waals surface area contributed by atoms with Crippen LogP contribution < -0.4 is 5.32 Å². The van der Waals surface area contributed by atoms with Crippen molar-refractivity contribution in [3.63, 3.8) is 0 Å². The van der Waals surface area contributed by atoms with E-state index in [1.807, 2.05) is 0 Å². The molecule has 1 aromatic rings. The van der Waals surface area contributed by atoms with E-state index < -0.39 is 10.0 Å². The molecule has 1 fully saturated rings. The maximum atomic E-state index is 12.6. The lowest BCUT2D eigenvalue weighted by Gasteiger charge is -2.20. The molecule has 7 nitrogen and oxygen atoms in total. The van der Waals surface area contributed by atoms with Gasteiger partial charge in [0.2, 0.25) is 15.9 Å². The molecule has 1 saturated heterocycles. The van der Waals surface area contributed by atoms with E-state index in [0.29, 0.717) is 25.1 Å². The summed E-state index contributed by atoms with van der Waals surface area (Å²) in [5.74, 6) is -0.540. The SMILES string of the molecule is Cc1ccc(C(=O)N2CCCNC(=O)C2)cc1S(=O)(=O)N(C)C. The molecule has 1 aliphatic heterocycles. The predicted octanol–water partition coefficient (Wildman–Crippen LogP) is 0.207. The largest absolute Gasteiger partial charge is 0.354 e. The molecule has 0 unspecified atom stereocenters. The van der Waals surface area contributed by atoms with Gasteiger partial charge in [0.05, 0.1) is 11.4 Å². The Bertz CT molecular complexity index is 728. The average molecular weight is 339 g/mol. The van der Waals surface area contributed by atoms with Gasteiger partial charge in [-0.05, 0) is 31.0 Å². The summed E-state index contributed by atoms with van der Waals surface area (Å²) in [7, 11) is -0.735. The summed E-state index contributed by atoms with van der Waals surface area (Å²) in [6.07, 6.45) is 0.673. The number of nitrogens with one attached hydrogen (secondary N) is 1. The van der Waals surface area contributed by atoms with E-state index in [2.05, 4.69) is 5.32 Å². The van der Waals surface area contributed by atoms with Crippen molar-refractivity contribution in [2.75, 3.05) is 33.7 Å². The van der Waals surface area contributed by atoms with Crippen LogP contribution in [0.3, 0.4) is 0 Å². The second-order valence-electron chi connectivity index (χ2n) is 5.70. The van der Waals surface area contributed by atoms with Crippen LogP contribution >= 0.6 is 0 Å². The van der Waals surface area contributed by atoms with E-state index >= 15 is 0 Å². The van der Waals surface area contributed by atoms with Crippen LogP contribution in [0.2, 0.25) is 0 Å². The minimum atomic E-state index is -3.63. The molecule has 0 spiro atoms. The Morgan fingerprint density at radius 1 is 1.30 bits per heavy atom. The van der Waals surface area contributed by atoms with Crippen LogP contribution in [0.15, 0.2) is 23.1 Å². The number of carbonyl (C=O) groups is 2. The van der Waals surface area contributed by atoms with Crippen LogP contribution in [0, 0.1) is 6.92 Å². The maximum Gasteiger partial charge on any atom is 0.254 e. The topological polar surface area (TPSA) is 86.8 Å². The summed E-state index contributed by atoms with van der Waals surface area (Å²) in [5, 5.41) is 2.71. The normalized spacial score (nSPS) is 16.2. The zero-order chi connectivity index (χ0) is 17.2. The zero-order valence-electron chi connectivity index (χ0n) is 13.5. The fourth-order valence-corrected chi connectivity index (χ4v) is 3.51. The van der Waals surface area contributed by atoms with Gasteiger partial charge in [0.25, 0.3) is 5.91 Å². The number of hydrogen-bond acceptors (Lipinski definition) is 4. The van der Waals surface area contributed by atoms with Crippen LogP contribution in [-0.2, 0) is 14.8 Å². The Morgan fingerprint density at radius 2 is 2.00 bits per heavy atom. The van der Waals surface area contributed by atoms with Crippen molar-refractivity contribution in [2.45, 2.75) is 18.2 Å². The first-order valence-corrected chi connectivity index (χ1v) is 8.76. The van der Waals surface area contributed by atoms with Gasteiger partial charge < -0.3 is 10.2 Å². The monoisotopic (exact) mass is 339 g/mol. The first kappa shape index (κ1) is 17.4. The molecule has 0 radical (unpaired) electrons. The molecule has 1 aromatic carbocycles. The number of nitrogens with zero attached hydrogens (tertiary/aromatic N) is 2. The average Bonchev–Trinajstić information content (AvgIpc) is 2.71. The highest BCUT2D eigenvalue weighted by Crippen LogP contribution is 2.21. The van der Waals surface area contributed by atoms with Crippen LogP contribution in [0.1, 0.15) is 22.3 Å². The fourth-order valence-electron chi connectivity index (χ4n) is 2.37. The minimum absolute atomic E-state index is 0.0114. The lowest BCUT2D eigenvalue weighted by molar-refractivity contribution is -0.121. The third-order valence-electron chi connectivity index (χ3n) is 3.74. The summed E-state index contributed by atoms with van der Waals surface area (Å²) in [4.78, 5) is 25.7. The van der Waals surface area contributed by atoms with Crippen LogP contribution in [0.5, 0.6) is 0 Å². The second kappa shape index (κ2) is 6.67. The van der Waals surface area contributed by atoms with Crippen LogP contribution in [-0.4, -0.2) is 63.2 Å². The van der Waals surface area contributed by atoms with E-state index in [0.717, 1.165) is 4.31 Å².